The third kappa shape index (κ3) is 2.75. The van der Waals surface area contributed by atoms with Gasteiger partial charge in [0, 0.05) is 19.3 Å². The molecule has 4 nitrogen and oxygen atoms in total. The SMILES string of the molecule is CC1CCCN(c2cnccc2C(=O)O)CC1. The van der Waals surface area contributed by atoms with Crippen molar-refractivity contribution in [1.82, 2.24) is 4.98 Å². The Hall–Kier alpha value is -1.58. The summed E-state index contributed by atoms with van der Waals surface area (Å²) in [7, 11) is 0. The maximum Gasteiger partial charge on any atom is 0.337 e. The fraction of sp³-hybridized carbons (Fsp3) is 0.538. The van der Waals surface area contributed by atoms with E-state index in [0.29, 0.717) is 5.56 Å². The van der Waals surface area contributed by atoms with E-state index in [2.05, 4.69) is 16.8 Å². The number of anilines is 1. The van der Waals surface area contributed by atoms with Crippen molar-refractivity contribution in [2.24, 2.45) is 5.92 Å². The van der Waals surface area contributed by atoms with Crippen LogP contribution in [0.4, 0.5) is 5.69 Å². The van der Waals surface area contributed by atoms with E-state index >= 15 is 0 Å². The van der Waals surface area contributed by atoms with Crippen LogP contribution in [0.3, 0.4) is 0 Å². The summed E-state index contributed by atoms with van der Waals surface area (Å²) < 4.78 is 0. The Balaban J connectivity index is 2.24. The highest BCUT2D eigenvalue weighted by Gasteiger charge is 2.19. The van der Waals surface area contributed by atoms with E-state index in [-0.39, 0.29) is 0 Å². The summed E-state index contributed by atoms with van der Waals surface area (Å²) in [4.78, 5) is 17.4. The zero-order valence-electron chi connectivity index (χ0n) is 10.1. The number of rotatable bonds is 2. The van der Waals surface area contributed by atoms with E-state index in [4.69, 9.17) is 5.11 Å². The number of hydrogen-bond donors (Lipinski definition) is 1. The van der Waals surface area contributed by atoms with Gasteiger partial charge in [-0.2, -0.15) is 0 Å². The first-order chi connectivity index (χ1) is 8.18. The quantitative estimate of drug-likeness (QED) is 0.853. The molecule has 92 valence electrons. The van der Waals surface area contributed by atoms with E-state index in [0.717, 1.165) is 37.5 Å². The van der Waals surface area contributed by atoms with Gasteiger partial charge in [0.05, 0.1) is 17.4 Å². The van der Waals surface area contributed by atoms with Crippen LogP contribution >= 0.6 is 0 Å². The van der Waals surface area contributed by atoms with Crippen LogP contribution in [0.1, 0.15) is 36.5 Å². The highest BCUT2D eigenvalue weighted by atomic mass is 16.4. The van der Waals surface area contributed by atoms with Gasteiger partial charge in [0.1, 0.15) is 0 Å². The highest BCUT2D eigenvalue weighted by Crippen LogP contribution is 2.24. The van der Waals surface area contributed by atoms with Crippen molar-refractivity contribution in [2.45, 2.75) is 26.2 Å². The van der Waals surface area contributed by atoms with Crippen LogP contribution in [0.5, 0.6) is 0 Å². The summed E-state index contributed by atoms with van der Waals surface area (Å²) >= 11 is 0. The van der Waals surface area contributed by atoms with Gasteiger partial charge in [-0.1, -0.05) is 6.92 Å². The third-order valence-electron chi connectivity index (χ3n) is 3.39. The third-order valence-corrected chi connectivity index (χ3v) is 3.39. The van der Waals surface area contributed by atoms with Gasteiger partial charge in [0.25, 0.3) is 0 Å². The molecule has 0 aliphatic carbocycles. The molecule has 1 atom stereocenters. The van der Waals surface area contributed by atoms with Gasteiger partial charge in [-0.15, -0.1) is 0 Å². The molecule has 2 heterocycles. The first-order valence-electron chi connectivity index (χ1n) is 6.10. The molecule has 17 heavy (non-hydrogen) atoms. The van der Waals surface area contributed by atoms with Gasteiger partial charge in [-0.3, -0.25) is 4.98 Å². The van der Waals surface area contributed by atoms with Crippen LogP contribution in [0, 0.1) is 5.92 Å². The number of aromatic nitrogens is 1. The second kappa shape index (κ2) is 5.17. The summed E-state index contributed by atoms with van der Waals surface area (Å²) in [6.07, 6.45) is 6.66. The molecule has 0 bridgehead atoms. The number of pyridine rings is 1. The lowest BCUT2D eigenvalue weighted by molar-refractivity contribution is 0.0697. The molecule has 1 aliphatic rings. The first kappa shape index (κ1) is 11.9. The Labute approximate surface area is 101 Å². The summed E-state index contributed by atoms with van der Waals surface area (Å²) in [6, 6.07) is 1.58. The predicted octanol–water partition coefficient (Wildman–Crippen LogP) is 2.41. The zero-order chi connectivity index (χ0) is 12.3. The van der Waals surface area contributed by atoms with Gasteiger partial charge >= 0.3 is 5.97 Å². The summed E-state index contributed by atoms with van der Waals surface area (Å²) in [5.41, 5.74) is 1.11. The molecule has 0 aromatic carbocycles. The minimum Gasteiger partial charge on any atom is -0.478 e. The van der Waals surface area contributed by atoms with E-state index < -0.39 is 5.97 Å². The molecule has 2 rings (SSSR count). The summed E-state index contributed by atoms with van der Waals surface area (Å²) in [6.45, 7) is 4.11. The number of carboxylic acid groups (broad SMARTS) is 1. The van der Waals surface area contributed by atoms with Crippen molar-refractivity contribution in [3.63, 3.8) is 0 Å². The fourth-order valence-electron chi connectivity index (χ4n) is 2.32. The number of carbonyl (C=O) groups is 1. The van der Waals surface area contributed by atoms with Gasteiger partial charge in [0.2, 0.25) is 0 Å². The van der Waals surface area contributed by atoms with Gasteiger partial charge in [0.15, 0.2) is 0 Å². The molecule has 1 aromatic heterocycles. The monoisotopic (exact) mass is 234 g/mol. The van der Waals surface area contributed by atoms with Gasteiger partial charge in [-0.05, 0) is 31.2 Å². The Bertz CT molecular complexity index is 406. The van der Waals surface area contributed by atoms with Crippen LogP contribution in [-0.2, 0) is 0 Å². The molecule has 1 aromatic rings. The van der Waals surface area contributed by atoms with Gasteiger partial charge < -0.3 is 10.0 Å². The molecule has 1 N–H and O–H groups in total. The minimum atomic E-state index is -0.875. The van der Waals surface area contributed by atoms with Crippen LogP contribution in [0.2, 0.25) is 0 Å². The maximum absolute atomic E-state index is 11.2. The van der Waals surface area contributed by atoms with E-state index in [1.165, 1.54) is 12.6 Å². The Kier molecular flexibility index (Phi) is 3.61. The molecule has 1 unspecified atom stereocenters. The lowest BCUT2D eigenvalue weighted by Crippen LogP contribution is -2.26. The molecule has 0 radical (unpaired) electrons. The highest BCUT2D eigenvalue weighted by molar-refractivity contribution is 5.94. The van der Waals surface area contributed by atoms with Crippen molar-refractivity contribution in [2.75, 3.05) is 18.0 Å². The van der Waals surface area contributed by atoms with Crippen LogP contribution in [0.15, 0.2) is 18.5 Å². The number of hydrogen-bond acceptors (Lipinski definition) is 3. The topological polar surface area (TPSA) is 53.4 Å². The second-order valence-corrected chi connectivity index (χ2v) is 4.72. The van der Waals surface area contributed by atoms with E-state index in [1.807, 2.05) is 0 Å². The lowest BCUT2D eigenvalue weighted by Gasteiger charge is -2.23. The number of nitrogens with zero attached hydrogens (tertiary/aromatic N) is 2. The summed E-state index contributed by atoms with van der Waals surface area (Å²) in [5, 5.41) is 9.16. The number of aromatic carboxylic acids is 1. The van der Waals surface area contributed by atoms with Gasteiger partial charge in [-0.25, -0.2) is 4.79 Å². The maximum atomic E-state index is 11.2. The molecule has 1 fully saturated rings. The van der Waals surface area contributed by atoms with Crippen LogP contribution in [-0.4, -0.2) is 29.1 Å². The molecule has 1 saturated heterocycles. The van der Waals surface area contributed by atoms with Crippen molar-refractivity contribution in [1.29, 1.82) is 0 Å². The Morgan fingerprint density at radius 3 is 3.06 bits per heavy atom. The van der Waals surface area contributed by atoms with E-state index in [9.17, 15) is 4.79 Å². The fourth-order valence-corrected chi connectivity index (χ4v) is 2.32. The largest absolute Gasteiger partial charge is 0.478 e. The van der Waals surface area contributed by atoms with Crippen LogP contribution < -0.4 is 4.90 Å². The van der Waals surface area contributed by atoms with E-state index in [1.54, 1.807) is 12.3 Å². The van der Waals surface area contributed by atoms with Crippen molar-refractivity contribution < 1.29 is 9.90 Å². The average Bonchev–Trinajstić information content (AvgIpc) is 2.54. The van der Waals surface area contributed by atoms with Crippen molar-refractivity contribution in [3.8, 4) is 0 Å². The Morgan fingerprint density at radius 2 is 2.29 bits per heavy atom. The molecular weight excluding hydrogens is 216 g/mol. The number of carboxylic acids is 1. The standard InChI is InChI=1S/C13H18N2O2/c1-10-3-2-7-15(8-5-10)12-9-14-6-4-11(12)13(16)17/h4,6,9-10H,2-3,5,7-8H2,1H3,(H,16,17). The minimum absolute atomic E-state index is 0.356. The first-order valence-corrected chi connectivity index (χ1v) is 6.10. The molecule has 4 heteroatoms. The zero-order valence-corrected chi connectivity index (χ0v) is 10.1. The molecule has 0 spiro atoms. The predicted molar refractivity (Wildman–Crippen MR) is 66.4 cm³/mol. The van der Waals surface area contributed by atoms with Crippen molar-refractivity contribution >= 4 is 11.7 Å². The Morgan fingerprint density at radius 1 is 1.47 bits per heavy atom. The smallest absolute Gasteiger partial charge is 0.337 e. The molecule has 1 aliphatic heterocycles. The lowest BCUT2D eigenvalue weighted by atomic mass is 10.0. The second-order valence-electron chi connectivity index (χ2n) is 4.72. The average molecular weight is 234 g/mol. The molecule has 0 saturated carbocycles. The summed E-state index contributed by atoms with van der Waals surface area (Å²) in [5.74, 6) is -0.148. The molecule has 0 amide bonds. The van der Waals surface area contributed by atoms with Crippen LogP contribution in [0.25, 0.3) is 0 Å². The normalized spacial score (nSPS) is 21.0. The molecular formula is C13H18N2O2. The van der Waals surface area contributed by atoms with Crippen molar-refractivity contribution in [3.05, 3.63) is 24.0 Å².